The van der Waals surface area contributed by atoms with Gasteiger partial charge in [0.15, 0.2) is 0 Å². The second-order valence-electron chi connectivity index (χ2n) is 20.9. The molecule has 2 amide bonds. The van der Waals surface area contributed by atoms with Crippen molar-refractivity contribution in [2.75, 3.05) is 39.6 Å². The highest BCUT2D eigenvalue weighted by atomic mass is 31.2. The van der Waals surface area contributed by atoms with E-state index in [4.69, 9.17) is 27.6 Å². The van der Waals surface area contributed by atoms with Crippen LogP contribution in [-0.2, 0) is 46.7 Å². The lowest BCUT2D eigenvalue weighted by Crippen LogP contribution is -2.41. The molecule has 0 aliphatic heterocycles. The number of rotatable bonds is 61. The molecule has 5 N–H and O–H groups in total. The minimum Gasteiger partial charge on any atom is -0.466 e. The van der Waals surface area contributed by atoms with Crippen LogP contribution in [0.3, 0.4) is 0 Å². The quantitative estimate of drug-likeness (QED) is 0.0166. The number of amides is 2. The van der Waals surface area contributed by atoms with Crippen molar-refractivity contribution in [3.63, 3.8) is 0 Å². The number of hydrogen-bond donors (Lipinski definition) is 5. The zero-order chi connectivity index (χ0) is 54.9. The van der Waals surface area contributed by atoms with Gasteiger partial charge in [0.1, 0.15) is 19.3 Å². The molecule has 0 aromatic carbocycles. The molecule has 5 atom stereocenters. The summed E-state index contributed by atoms with van der Waals surface area (Å²) in [5, 5.41) is 16.1. The number of aliphatic hydroxyl groups is 1. The smallest absolute Gasteiger partial charge is 0.330 e. The molecular weight excluding hydrogens is 995 g/mol. The maximum absolute atomic E-state index is 13.0. The fourth-order valence-electron chi connectivity index (χ4n) is 8.91. The van der Waals surface area contributed by atoms with Crippen LogP contribution in [0.5, 0.6) is 0 Å². The lowest BCUT2D eigenvalue weighted by molar-refractivity contribution is -0.145. The van der Waals surface area contributed by atoms with Crippen molar-refractivity contribution < 1.29 is 61.6 Å². The highest BCUT2D eigenvalue weighted by molar-refractivity contribution is 7.40. The Kier molecular flexibility index (Phi) is 57.4. The van der Waals surface area contributed by atoms with Crippen LogP contribution < -0.4 is 10.6 Å². The molecule has 0 saturated heterocycles. The molecule has 75 heavy (non-hydrogen) atoms. The van der Waals surface area contributed by atoms with Gasteiger partial charge in [0.05, 0.1) is 38.5 Å². The van der Waals surface area contributed by atoms with Crippen LogP contribution in [0.1, 0.15) is 290 Å². The molecule has 0 saturated carbocycles. The Bertz CT molecular complexity index is 1260. The van der Waals surface area contributed by atoms with Crippen molar-refractivity contribution in [2.45, 2.75) is 309 Å². The Balaban J connectivity index is 4.66. The van der Waals surface area contributed by atoms with Gasteiger partial charge in [-0.3, -0.25) is 19.2 Å². The van der Waals surface area contributed by atoms with Crippen LogP contribution in [0.15, 0.2) is 0 Å². The predicted octanol–water partition coefficient (Wildman–Crippen LogP) is 15.0. The van der Waals surface area contributed by atoms with E-state index in [0.717, 1.165) is 64.2 Å². The Hall–Kier alpha value is -1.54. The van der Waals surface area contributed by atoms with Gasteiger partial charge in [0, 0.05) is 19.3 Å². The Morgan fingerprint density at radius 2 is 0.653 bits per heavy atom. The van der Waals surface area contributed by atoms with Crippen molar-refractivity contribution in [1.29, 1.82) is 0 Å². The zero-order valence-corrected chi connectivity index (χ0v) is 49.9. The van der Waals surface area contributed by atoms with Crippen molar-refractivity contribution in [1.82, 2.24) is 10.6 Å². The SMILES string of the molecule is CCCCCCCCCCCCCCCC(=O)NC(COC=O)COP(O)OCC(O)COP(O)OCC(COC(=O)CCCCCCCCCCCCCCC)NC(=O)CCCCCCCCCCCCCCC. The normalized spacial score (nSPS) is 13.5. The molecule has 0 radical (unpaired) electrons. The summed E-state index contributed by atoms with van der Waals surface area (Å²) in [6.07, 6.45) is 46.8. The predicted molar refractivity (Wildman–Crippen MR) is 306 cm³/mol. The molecule has 15 nitrogen and oxygen atoms in total. The number of hydrogen-bond acceptors (Lipinski definition) is 13. The number of aliphatic hydroxyl groups excluding tert-OH is 1. The topological polar surface area (TPSA) is 208 Å². The highest BCUT2D eigenvalue weighted by Crippen LogP contribution is 2.35. The molecule has 0 heterocycles. The average molecular weight is 1110 g/mol. The van der Waals surface area contributed by atoms with E-state index in [0.29, 0.717) is 19.3 Å². The monoisotopic (exact) mass is 1110 g/mol. The minimum absolute atomic E-state index is 0.118. The van der Waals surface area contributed by atoms with E-state index < -0.39 is 48.6 Å². The van der Waals surface area contributed by atoms with Crippen molar-refractivity contribution in [2.24, 2.45) is 0 Å². The summed E-state index contributed by atoms with van der Waals surface area (Å²) in [5.41, 5.74) is 0. The number of ether oxygens (including phenoxy) is 2. The third-order valence-corrected chi connectivity index (χ3v) is 15.0. The van der Waals surface area contributed by atoms with E-state index >= 15 is 0 Å². The third kappa shape index (κ3) is 55.6. The minimum atomic E-state index is -2.50. The van der Waals surface area contributed by atoms with Gasteiger partial charge in [-0.05, 0) is 19.3 Å². The van der Waals surface area contributed by atoms with E-state index in [1.54, 1.807) is 0 Å². The van der Waals surface area contributed by atoms with Gasteiger partial charge in [-0.25, -0.2) is 0 Å². The highest BCUT2D eigenvalue weighted by Gasteiger charge is 2.21. The molecule has 0 aliphatic carbocycles. The molecule has 0 rings (SSSR count). The molecule has 17 heteroatoms. The van der Waals surface area contributed by atoms with Crippen molar-refractivity contribution >= 4 is 41.5 Å². The first kappa shape index (κ1) is 73.5. The molecule has 0 spiro atoms. The summed E-state index contributed by atoms with van der Waals surface area (Å²) in [6, 6.07) is -1.43. The third-order valence-electron chi connectivity index (χ3n) is 13.6. The maximum Gasteiger partial charge on any atom is 0.330 e. The van der Waals surface area contributed by atoms with E-state index in [-0.39, 0.29) is 50.7 Å². The second kappa shape index (κ2) is 58.6. The fraction of sp³-hybridized carbons (Fsp3) is 0.931. The summed E-state index contributed by atoms with van der Waals surface area (Å²) in [4.78, 5) is 70.0. The molecular formula is C58H114N2O13P2. The van der Waals surface area contributed by atoms with Gasteiger partial charge in [0.2, 0.25) is 11.8 Å². The van der Waals surface area contributed by atoms with Crippen LogP contribution in [-0.4, -0.2) is 97.0 Å². The Morgan fingerprint density at radius 3 is 0.960 bits per heavy atom. The Morgan fingerprint density at radius 1 is 0.387 bits per heavy atom. The van der Waals surface area contributed by atoms with Crippen LogP contribution in [0.2, 0.25) is 0 Å². The first-order valence-corrected chi connectivity index (χ1v) is 32.9. The largest absolute Gasteiger partial charge is 0.466 e. The van der Waals surface area contributed by atoms with Crippen molar-refractivity contribution in [3.8, 4) is 0 Å². The van der Waals surface area contributed by atoms with Gasteiger partial charge >= 0.3 is 23.2 Å². The number of carbonyl (C=O) groups is 4. The summed E-state index contributed by atoms with van der Waals surface area (Å²) < 4.78 is 31.8. The molecule has 0 aromatic rings. The average Bonchev–Trinajstić information content (AvgIpc) is 3.40. The molecule has 0 aliphatic rings. The van der Waals surface area contributed by atoms with Gasteiger partial charge in [0.25, 0.3) is 6.47 Å². The molecule has 0 bridgehead atoms. The number of nitrogens with one attached hydrogen (secondary N) is 2. The van der Waals surface area contributed by atoms with Crippen molar-refractivity contribution in [3.05, 3.63) is 0 Å². The molecule has 5 unspecified atom stereocenters. The second-order valence-corrected chi connectivity index (χ2v) is 22.9. The fourth-order valence-corrected chi connectivity index (χ4v) is 10.3. The van der Waals surface area contributed by atoms with E-state index in [1.807, 2.05) is 0 Å². The van der Waals surface area contributed by atoms with Crippen LogP contribution in [0.25, 0.3) is 0 Å². The molecule has 0 fully saturated rings. The first-order valence-electron chi connectivity index (χ1n) is 30.6. The van der Waals surface area contributed by atoms with Gasteiger partial charge in [-0.1, -0.05) is 252 Å². The number of unbranched alkanes of at least 4 members (excludes halogenated alkanes) is 36. The summed E-state index contributed by atoms with van der Waals surface area (Å²) in [7, 11) is -4.98. The van der Waals surface area contributed by atoms with E-state index in [9.17, 15) is 34.1 Å². The van der Waals surface area contributed by atoms with Crippen LogP contribution >= 0.6 is 17.2 Å². The summed E-state index contributed by atoms with van der Waals surface area (Å²) >= 11 is 0. The van der Waals surface area contributed by atoms with Gasteiger partial charge < -0.3 is 53.1 Å². The van der Waals surface area contributed by atoms with Crippen LogP contribution in [0, 0.1) is 0 Å². The number of esters is 1. The lowest BCUT2D eigenvalue weighted by atomic mass is 10.0. The van der Waals surface area contributed by atoms with Crippen LogP contribution in [0.4, 0.5) is 0 Å². The Labute approximate surface area is 460 Å². The maximum atomic E-state index is 13.0. The summed E-state index contributed by atoms with van der Waals surface area (Å²) in [5.74, 6) is -0.741. The summed E-state index contributed by atoms with van der Waals surface area (Å²) in [6.45, 7) is 5.54. The van der Waals surface area contributed by atoms with E-state index in [2.05, 4.69) is 31.4 Å². The lowest BCUT2D eigenvalue weighted by Gasteiger charge is -2.21. The van der Waals surface area contributed by atoms with Gasteiger partial charge in [-0.15, -0.1) is 0 Å². The van der Waals surface area contributed by atoms with Gasteiger partial charge in [-0.2, -0.15) is 0 Å². The first-order chi connectivity index (χ1) is 36.6. The number of carbonyl (C=O) groups excluding carboxylic acids is 4. The molecule has 444 valence electrons. The standard InChI is InChI=1S/C58H114N2O13P2/c1-4-7-10-13-16-19-22-25-28-31-34-37-40-43-56(63)59-53(46-68-52-61)48-70-74(66)72-50-55(62)51-73-75(67)71-49-54(60-57(64)44-41-38-35-32-29-26-23-20-17-14-11-8-5-2)47-69-58(65)45-42-39-36-33-30-27-24-21-18-15-12-9-6-3/h52-55,62,66-67H,4-51H2,1-3H3,(H,59,63)(H,60,64). The molecule has 0 aromatic heterocycles. The zero-order valence-electron chi connectivity index (χ0n) is 48.1. The van der Waals surface area contributed by atoms with E-state index in [1.165, 1.54) is 186 Å².